The number of nitrogens with zero attached hydrogens (tertiary/aromatic N) is 1. The smallest absolute Gasteiger partial charge is 0.151 e. The Balaban J connectivity index is 0. The van der Waals surface area contributed by atoms with Crippen LogP contribution in [-0.4, -0.2) is 17.4 Å². The molecule has 6 N–H and O–H groups in total. The number of hydrogen-bond acceptors (Lipinski definition) is 5. The highest BCUT2D eigenvalue weighted by Gasteiger charge is 2.13. The lowest BCUT2D eigenvalue weighted by atomic mass is 10.1. The average Bonchev–Trinajstić information content (AvgIpc) is 2.58. The van der Waals surface area contributed by atoms with E-state index >= 15 is 0 Å². The van der Waals surface area contributed by atoms with Crippen LogP contribution in [0.2, 0.25) is 0 Å². The van der Waals surface area contributed by atoms with Gasteiger partial charge in [-0.1, -0.05) is 59.9 Å². The SMILES string of the molecule is Br.Br.Br.CN(c1ccccc1CSC(=N)N)c1ccccc1CSC(=N)N. The number of nitrogens with one attached hydrogen (secondary N) is 2. The van der Waals surface area contributed by atoms with E-state index in [4.69, 9.17) is 22.3 Å². The van der Waals surface area contributed by atoms with Gasteiger partial charge in [0.05, 0.1) is 0 Å². The minimum atomic E-state index is 0. The molecule has 0 aromatic heterocycles. The second-order valence-electron chi connectivity index (χ2n) is 5.12. The number of anilines is 2. The Morgan fingerprint density at radius 2 is 1.11 bits per heavy atom. The summed E-state index contributed by atoms with van der Waals surface area (Å²) in [4.78, 5) is 2.13. The maximum Gasteiger partial charge on any atom is 0.151 e. The lowest BCUT2D eigenvalue weighted by Gasteiger charge is -2.25. The maximum atomic E-state index is 7.41. The van der Waals surface area contributed by atoms with Crippen molar-refractivity contribution >= 4 is 96.2 Å². The highest BCUT2D eigenvalue weighted by Crippen LogP contribution is 2.32. The van der Waals surface area contributed by atoms with E-state index in [2.05, 4.69) is 29.2 Å². The Kier molecular flexibility index (Phi) is 15.1. The van der Waals surface area contributed by atoms with Crippen LogP contribution >= 0.6 is 74.5 Å². The molecule has 27 heavy (non-hydrogen) atoms. The van der Waals surface area contributed by atoms with Crippen LogP contribution in [0, 0.1) is 10.8 Å². The first-order chi connectivity index (χ1) is 11.5. The molecule has 0 radical (unpaired) electrons. The Morgan fingerprint density at radius 3 is 1.44 bits per heavy atom. The molecule has 10 heteroatoms. The van der Waals surface area contributed by atoms with E-state index in [1.807, 2.05) is 31.3 Å². The van der Waals surface area contributed by atoms with Crippen molar-refractivity contribution in [2.75, 3.05) is 11.9 Å². The summed E-state index contributed by atoms with van der Waals surface area (Å²) in [5, 5.41) is 15.0. The number of amidine groups is 2. The van der Waals surface area contributed by atoms with Gasteiger partial charge in [-0.25, -0.2) is 0 Å². The Hall–Kier alpha value is -0.680. The lowest BCUT2D eigenvalue weighted by molar-refractivity contribution is 1.16. The molecule has 0 fully saturated rings. The molecule has 0 aliphatic heterocycles. The van der Waals surface area contributed by atoms with Crippen molar-refractivity contribution in [3.63, 3.8) is 0 Å². The number of nitrogens with two attached hydrogens (primary N) is 2. The molecule has 0 saturated carbocycles. The molecule has 2 aromatic carbocycles. The van der Waals surface area contributed by atoms with Crippen molar-refractivity contribution in [3.05, 3.63) is 59.7 Å². The molecular weight excluding hydrogens is 578 g/mol. The van der Waals surface area contributed by atoms with Crippen molar-refractivity contribution in [2.24, 2.45) is 11.5 Å². The Morgan fingerprint density at radius 1 is 0.778 bits per heavy atom. The van der Waals surface area contributed by atoms with Gasteiger partial charge in [0, 0.05) is 29.9 Å². The topological polar surface area (TPSA) is 103 Å². The first-order valence-corrected chi connectivity index (χ1v) is 9.29. The molecule has 0 spiro atoms. The quantitative estimate of drug-likeness (QED) is 0.261. The van der Waals surface area contributed by atoms with Gasteiger partial charge in [-0.05, 0) is 23.3 Å². The Labute approximate surface area is 200 Å². The maximum absolute atomic E-state index is 7.41. The minimum absolute atomic E-state index is 0. The number of halogens is 3. The van der Waals surface area contributed by atoms with Gasteiger partial charge in [0.25, 0.3) is 0 Å². The summed E-state index contributed by atoms with van der Waals surface area (Å²) in [5.74, 6) is 1.31. The van der Waals surface area contributed by atoms with Crippen LogP contribution in [0.25, 0.3) is 0 Å². The zero-order chi connectivity index (χ0) is 17.5. The molecule has 0 aliphatic carbocycles. The van der Waals surface area contributed by atoms with Crippen LogP contribution in [0.5, 0.6) is 0 Å². The predicted molar refractivity (Wildman–Crippen MR) is 138 cm³/mol. The summed E-state index contributed by atoms with van der Waals surface area (Å²) >= 11 is 2.63. The lowest BCUT2D eigenvalue weighted by Crippen LogP contribution is -2.14. The third-order valence-corrected chi connectivity index (χ3v) is 5.00. The summed E-state index contributed by atoms with van der Waals surface area (Å²) in [5.41, 5.74) is 15.3. The van der Waals surface area contributed by atoms with Crippen molar-refractivity contribution in [1.82, 2.24) is 0 Å². The van der Waals surface area contributed by atoms with E-state index in [1.165, 1.54) is 23.5 Å². The van der Waals surface area contributed by atoms with Crippen LogP contribution in [0.1, 0.15) is 11.1 Å². The molecule has 5 nitrogen and oxygen atoms in total. The summed E-state index contributed by atoms with van der Waals surface area (Å²) in [6, 6.07) is 16.2. The standard InChI is InChI=1S/C17H21N5S2.3BrH/c1-22(14-8-4-2-6-12(14)10-23-16(18)19)15-9-5-3-7-13(15)11-24-17(20)21;;;/h2-9H,10-11H2,1H3,(H3,18,19)(H3,20,21);3*1H. The van der Waals surface area contributed by atoms with E-state index in [9.17, 15) is 0 Å². The van der Waals surface area contributed by atoms with Gasteiger partial charge in [0.15, 0.2) is 10.3 Å². The minimum Gasteiger partial charge on any atom is -0.379 e. The predicted octanol–water partition coefficient (Wildman–Crippen LogP) is 5.44. The molecule has 0 bridgehead atoms. The molecule has 2 aromatic rings. The third kappa shape index (κ3) is 8.91. The number of benzene rings is 2. The normalized spacial score (nSPS) is 9.22. The van der Waals surface area contributed by atoms with Gasteiger partial charge in [0.2, 0.25) is 0 Å². The summed E-state index contributed by atoms with van der Waals surface area (Å²) < 4.78 is 0. The number of para-hydroxylation sites is 2. The van der Waals surface area contributed by atoms with Gasteiger partial charge >= 0.3 is 0 Å². The van der Waals surface area contributed by atoms with E-state index < -0.39 is 0 Å². The molecule has 150 valence electrons. The van der Waals surface area contributed by atoms with Crippen molar-refractivity contribution in [2.45, 2.75) is 11.5 Å². The van der Waals surface area contributed by atoms with Crippen LogP contribution < -0.4 is 16.4 Å². The largest absolute Gasteiger partial charge is 0.379 e. The highest BCUT2D eigenvalue weighted by molar-refractivity contribution is 8.93. The molecular formula is C17H24Br3N5S2. The van der Waals surface area contributed by atoms with Gasteiger partial charge in [-0.2, -0.15) is 0 Å². The highest BCUT2D eigenvalue weighted by atomic mass is 79.9. The van der Waals surface area contributed by atoms with Gasteiger partial charge < -0.3 is 16.4 Å². The molecule has 0 amide bonds. The molecule has 2 rings (SSSR count). The monoisotopic (exact) mass is 599 g/mol. The second kappa shape index (κ2) is 14.3. The Bertz CT molecular complexity index is 685. The van der Waals surface area contributed by atoms with Gasteiger partial charge in [-0.3, -0.25) is 10.8 Å². The second-order valence-corrected chi connectivity index (χ2v) is 7.16. The number of rotatable bonds is 6. The van der Waals surface area contributed by atoms with Crippen LogP contribution in [0.3, 0.4) is 0 Å². The van der Waals surface area contributed by atoms with Crippen molar-refractivity contribution in [1.29, 1.82) is 10.8 Å². The first-order valence-electron chi connectivity index (χ1n) is 7.32. The summed E-state index contributed by atoms with van der Waals surface area (Å²) in [6.07, 6.45) is 0. The van der Waals surface area contributed by atoms with Crippen molar-refractivity contribution < 1.29 is 0 Å². The van der Waals surface area contributed by atoms with E-state index in [-0.39, 0.29) is 61.3 Å². The van der Waals surface area contributed by atoms with E-state index in [0.717, 1.165) is 22.5 Å². The third-order valence-electron chi connectivity index (χ3n) is 3.47. The van der Waals surface area contributed by atoms with Crippen LogP contribution in [-0.2, 0) is 11.5 Å². The molecule has 0 aliphatic rings. The first kappa shape index (κ1) is 28.5. The van der Waals surface area contributed by atoms with E-state index in [1.54, 1.807) is 0 Å². The zero-order valence-corrected chi connectivity index (χ0v) is 21.4. The van der Waals surface area contributed by atoms with Crippen LogP contribution in [0.15, 0.2) is 48.5 Å². The average molecular weight is 602 g/mol. The molecule has 0 saturated heterocycles. The van der Waals surface area contributed by atoms with E-state index in [0.29, 0.717) is 11.5 Å². The fourth-order valence-electron chi connectivity index (χ4n) is 2.36. The number of hydrogen-bond donors (Lipinski definition) is 4. The summed E-state index contributed by atoms with van der Waals surface area (Å²) in [7, 11) is 2.02. The van der Waals surface area contributed by atoms with Gasteiger partial charge in [-0.15, -0.1) is 50.9 Å². The molecule has 0 atom stereocenters. The fourth-order valence-corrected chi connectivity index (χ4v) is 3.47. The fraction of sp³-hybridized carbons (Fsp3) is 0.176. The molecule has 0 heterocycles. The van der Waals surface area contributed by atoms with Crippen LogP contribution in [0.4, 0.5) is 11.4 Å². The van der Waals surface area contributed by atoms with Crippen molar-refractivity contribution in [3.8, 4) is 0 Å². The number of thioether (sulfide) groups is 2. The summed E-state index contributed by atoms with van der Waals surface area (Å²) in [6.45, 7) is 0. The molecule has 0 unspecified atom stereocenters. The zero-order valence-electron chi connectivity index (χ0n) is 14.7. The van der Waals surface area contributed by atoms with Gasteiger partial charge in [0.1, 0.15) is 0 Å².